The van der Waals surface area contributed by atoms with Gasteiger partial charge in [0.25, 0.3) is 0 Å². The number of rotatable bonds is 13. The van der Waals surface area contributed by atoms with E-state index in [1.807, 2.05) is 0 Å². The Bertz CT molecular complexity index is 1490. The lowest BCUT2D eigenvalue weighted by atomic mass is 9.88. The van der Waals surface area contributed by atoms with Gasteiger partial charge in [0.15, 0.2) is 0 Å². The summed E-state index contributed by atoms with van der Waals surface area (Å²) in [5.41, 5.74) is -1.75. The summed E-state index contributed by atoms with van der Waals surface area (Å²) in [6.07, 6.45) is -4.59. The third-order valence-electron chi connectivity index (χ3n) is 6.78. The molecule has 0 aromatic heterocycles. The molecular formula is C33H32O18. The summed E-state index contributed by atoms with van der Waals surface area (Å²) in [4.78, 5) is 101. The van der Waals surface area contributed by atoms with E-state index in [-0.39, 0.29) is 40.4 Å². The average molecular weight is 717 g/mol. The van der Waals surface area contributed by atoms with Gasteiger partial charge in [-0.15, -0.1) is 0 Å². The summed E-state index contributed by atoms with van der Waals surface area (Å²) in [6.45, 7) is -0.561. The Hall–Kier alpha value is -6.72. The van der Waals surface area contributed by atoms with E-state index in [4.69, 9.17) is 28.4 Å². The van der Waals surface area contributed by atoms with Crippen LogP contribution in [0.2, 0.25) is 0 Å². The molecule has 0 saturated heterocycles. The van der Waals surface area contributed by atoms with E-state index in [1.165, 1.54) is 82.9 Å². The van der Waals surface area contributed by atoms with E-state index < -0.39 is 61.6 Å². The lowest BCUT2D eigenvalue weighted by Gasteiger charge is -2.29. The highest BCUT2D eigenvalue weighted by Gasteiger charge is 2.36. The number of carbonyl (C=O) groups is 6. The minimum absolute atomic E-state index is 0.0379. The highest BCUT2D eigenvalue weighted by atomic mass is 17.2. The highest BCUT2D eigenvalue weighted by molar-refractivity contribution is 5.93. The van der Waals surface area contributed by atoms with Gasteiger partial charge >= 0.3 is 36.4 Å². The molecule has 3 aromatic carbocycles. The summed E-state index contributed by atoms with van der Waals surface area (Å²) in [5.74, 6) is -2.85. The van der Waals surface area contributed by atoms with Crippen molar-refractivity contribution < 1.29 is 86.5 Å². The van der Waals surface area contributed by atoms with Crippen LogP contribution in [0, 0.1) is 5.41 Å². The molecule has 0 amide bonds. The van der Waals surface area contributed by atoms with Gasteiger partial charge in [0.2, 0.25) is 0 Å². The molecule has 0 saturated carbocycles. The van der Waals surface area contributed by atoms with E-state index in [1.54, 1.807) is 18.2 Å². The number of carbonyl (C=O) groups excluding carboxylic acids is 6. The fourth-order valence-corrected chi connectivity index (χ4v) is 3.93. The molecular weight excluding hydrogens is 684 g/mol. The van der Waals surface area contributed by atoms with Crippen molar-refractivity contribution in [1.82, 2.24) is 0 Å². The maximum atomic E-state index is 12.3. The monoisotopic (exact) mass is 716 g/mol. The second-order valence-electron chi connectivity index (χ2n) is 9.93. The van der Waals surface area contributed by atoms with Crippen LogP contribution in [0.15, 0.2) is 72.8 Å². The summed E-state index contributed by atoms with van der Waals surface area (Å²) in [6, 6.07) is 17.8. The topological polar surface area (TPSA) is 213 Å². The van der Waals surface area contributed by atoms with Crippen molar-refractivity contribution in [2.45, 2.75) is 13.3 Å². The molecule has 0 aliphatic rings. The third-order valence-corrected chi connectivity index (χ3v) is 6.78. The van der Waals surface area contributed by atoms with Crippen LogP contribution in [0.1, 0.15) is 44.4 Å². The quantitative estimate of drug-likeness (QED) is 0.0963. The molecule has 3 rings (SSSR count). The summed E-state index contributed by atoms with van der Waals surface area (Å²) < 4.78 is 30.3. The van der Waals surface area contributed by atoms with Crippen LogP contribution >= 0.6 is 0 Å². The van der Waals surface area contributed by atoms with E-state index in [9.17, 15) is 28.8 Å². The zero-order valence-corrected chi connectivity index (χ0v) is 27.6. The zero-order valence-electron chi connectivity index (χ0n) is 27.6. The van der Waals surface area contributed by atoms with Crippen LogP contribution in [-0.2, 0) is 43.5 Å². The second kappa shape index (κ2) is 19.3. The Kier molecular flexibility index (Phi) is 14.7. The van der Waals surface area contributed by atoms with Crippen LogP contribution in [0.5, 0.6) is 17.2 Å². The first kappa shape index (κ1) is 38.7. The van der Waals surface area contributed by atoms with Gasteiger partial charge in [-0.25, -0.2) is 43.7 Å². The molecule has 0 radical (unpaired) electrons. The van der Waals surface area contributed by atoms with Crippen molar-refractivity contribution in [3.05, 3.63) is 89.5 Å². The van der Waals surface area contributed by atoms with Crippen molar-refractivity contribution in [1.29, 1.82) is 0 Å². The highest BCUT2D eigenvalue weighted by Crippen LogP contribution is 2.26. The first-order valence-corrected chi connectivity index (χ1v) is 14.6. The van der Waals surface area contributed by atoms with Gasteiger partial charge in [-0.2, -0.15) is 14.4 Å². The molecule has 18 nitrogen and oxygen atoms in total. The molecule has 0 heterocycles. The van der Waals surface area contributed by atoms with Crippen molar-refractivity contribution in [2.75, 3.05) is 41.2 Å². The Morgan fingerprint density at radius 1 is 0.451 bits per heavy atom. The predicted molar refractivity (Wildman–Crippen MR) is 165 cm³/mol. The number of para-hydroxylation sites is 3. The van der Waals surface area contributed by atoms with Crippen molar-refractivity contribution in [3.8, 4) is 17.2 Å². The van der Waals surface area contributed by atoms with E-state index in [2.05, 4.69) is 29.3 Å². The molecule has 0 spiro atoms. The molecule has 0 bridgehead atoms. The lowest BCUT2D eigenvalue weighted by Crippen LogP contribution is -2.39. The number of ether oxygens (including phenoxy) is 6. The molecule has 0 fully saturated rings. The Morgan fingerprint density at radius 3 is 0.980 bits per heavy atom. The second-order valence-corrected chi connectivity index (χ2v) is 9.93. The summed E-state index contributed by atoms with van der Waals surface area (Å²) in [7, 11) is 3.95. The van der Waals surface area contributed by atoms with Gasteiger partial charge in [0, 0.05) is 0 Å². The molecule has 0 N–H and O–H groups in total. The molecule has 18 heteroatoms. The van der Waals surface area contributed by atoms with Gasteiger partial charge < -0.3 is 28.4 Å². The van der Waals surface area contributed by atoms with Crippen molar-refractivity contribution in [3.63, 3.8) is 0 Å². The fraction of sp³-hybridized carbons (Fsp3) is 0.273. The number of benzene rings is 3. The molecule has 272 valence electrons. The standard InChI is InChI=1S/C33H32O18/c1-5-33(18-43-30(37)49-46-27(34)21-12-6-9-15-24(21)40-2,19-44-31(38)50-47-28(35)22-13-7-10-16-25(22)41-3)20-45-32(39)51-48-29(36)23-14-8-11-17-26(23)42-4/h6-17H,5,18-20H2,1-4H3. The maximum absolute atomic E-state index is 12.3. The molecule has 51 heavy (non-hydrogen) atoms. The van der Waals surface area contributed by atoms with Crippen LogP contribution < -0.4 is 14.2 Å². The number of hydrogen-bond donors (Lipinski definition) is 0. The van der Waals surface area contributed by atoms with Crippen LogP contribution in [0.25, 0.3) is 0 Å². The Labute approximate surface area is 289 Å². The third kappa shape index (κ3) is 11.4. The summed E-state index contributed by atoms with van der Waals surface area (Å²) >= 11 is 0. The number of hydrogen-bond acceptors (Lipinski definition) is 18. The number of methoxy groups -OCH3 is 3. The largest absolute Gasteiger partial charge is 0.549 e. The van der Waals surface area contributed by atoms with Gasteiger partial charge in [-0.1, -0.05) is 43.3 Å². The first-order valence-electron chi connectivity index (χ1n) is 14.6. The van der Waals surface area contributed by atoms with E-state index in [0.717, 1.165) is 0 Å². The Balaban J connectivity index is 1.63. The maximum Gasteiger partial charge on any atom is 0.549 e. The summed E-state index contributed by atoms with van der Waals surface area (Å²) in [5, 5.41) is 0. The van der Waals surface area contributed by atoms with Gasteiger partial charge in [-0.3, -0.25) is 0 Å². The van der Waals surface area contributed by atoms with E-state index in [0.29, 0.717) is 0 Å². The van der Waals surface area contributed by atoms with Crippen LogP contribution in [0.3, 0.4) is 0 Å². The zero-order chi connectivity index (χ0) is 37.2. The fourth-order valence-electron chi connectivity index (χ4n) is 3.93. The predicted octanol–water partition coefficient (Wildman–Crippen LogP) is 5.18. The Morgan fingerprint density at radius 2 is 0.725 bits per heavy atom. The van der Waals surface area contributed by atoms with Crippen LogP contribution in [-0.4, -0.2) is 77.5 Å². The molecule has 0 aliphatic heterocycles. The van der Waals surface area contributed by atoms with Crippen LogP contribution in [0.4, 0.5) is 14.4 Å². The lowest BCUT2D eigenvalue weighted by molar-refractivity contribution is -0.217. The SMILES string of the molecule is CCC(COC(=O)OOC(=O)c1ccccc1OC)(COC(=O)OOC(=O)c1ccccc1OC)COC(=O)OOC(=O)c1ccccc1OC. The van der Waals surface area contributed by atoms with E-state index >= 15 is 0 Å². The van der Waals surface area contributed by atoms with Gasteiger partial charge in [0.05, 0.1) is 26.7 Å². The molecule has 0 aliphatic carbocycles. The average Bonchev–Trinajstić information content (AvgIpc) is 3.17. The van der Waals surface area contributed by atoms with Crippen molar-refractivity contribution >= 4 is 36.4 Å². The molecule has 0 unspecified atom stereocenters. The first-order chi connectivity index (χ1) is 24.6. The molecule has 3 aromatic rings. The normalized spacial score (nSPS) is 10.4. The minimum Gasteiger partial charge on any atom is -0.496 e. The van der Waals surface area contributed by atoms with Gasteiger partial charge in [0.1, 0.15) is 53.8 Å². The minimum atomic E-state index is -1.57. The van der Waals surface area contributed by atoms with Gasteiger partial charge in [-0.05, 0) is 42.8 Å². The molecule has 0 atom stereocenters. The van der Waals surface area contributed by atoms with Crippen molar-refractivity contribution in [2.24, 2.45) is 5.41 Å². The smallest absolute Gasteiger partial charge is 0.496 e.